The van der Waals surface area contributed by atoms with Crippen molar-refractivity contribution in [1.82, 2.24) is 4.57 Å². The van der Waals surface area contributed by atoms with Crippen LogP contribution in [0.25, 0.3) is 69.6 Å². The maximum Gasteiger partial charge on any atom is 0.0542 e. The molecule has 2 aromatic heterocycles. The van der Waals surface area contributed by atoms with E-state index in [1.807, 2.05) is 11.3 Å². The second kappa shape index (κ2) is 11.2. The summed E-state index contributed by atoms with van der Waals surface area (Å²) in [5.41, 5.74) is 9.44. The third kappa shape index (κ3) is 4.40. The molecule has 0 unspecified atom stereocenters. The molecule has 10 aromatic rings. The number of rotatable bonds is 5. The molecule has 0 aliphatic carbocycles. The summed E-state index contributed by atoms with van der Waals surface area (Å²) >= 11 is 1.88. The summed E-state index contributed by atoms with van der Waals surface area (Å²) in [6, 6.07) is 66.2. The highest BCUT2D eigenvalue weighted by Gasteiger charge is 2.22. The van der Waals surface area contributed by atoms with E-state index in [2.05, 4.69) is 191 Å². The number of benzene rings is 8. The second-order valence-corrected chi connectivity index (χ2v) is 13.6. The van der Waals surface area contributed by atoms with Crippen LogP contribution in [0.15, 0.2) is 182 Å². The SMILES string of the molecule is c1ccc(-n2c3ccccc3c3cc(N(c4ccccc4-c4cccc5c4sc4ccccc45)c4cccc5ccccc45)ccc32)cc1. The van der Waals surface area contributed by atoms with Crippen molar-refractivity contribution in [2.24, 2.45) is 0 Å². The molecule has 8 aromatic carbocycles. The largest absolute Gasteiger partial charge is 0.309 e. The molecule has 10 rings (SSSR count). The van der Waals surface area contributed by atoms with E-state index in [0.717, 1.165) is 22.7 Å². The van der Waals surface area contributed by atoms with Gasteiger partial charge in [0.1, 0.15) is 0 Å². The molecule has 3 heteroatoms. The zero-order valence-corrected chi connectivity index (χ0v) is 27.4. The van der Waals surface area contributed by atoms with Gasteiger partial charge in [-0.2, -0.15) is 0 Å². The number of hydrogen-bond acceptors (Lipinski definition) is 2. The number of aromatic nitrogens is 1. The number of anilines is 3. The van der Waals surface area contributed by atoms with Crippen LogP contribution in [0.2, 0.25) is 0 Å². The summed E-state index contributed by atoms with van der Waals surface area (Å²) in [6.07, 6.45) is 0. The Bertz CT molecular complexity index is 2840. The third-order valence-corrected chi connectivity index (χ3v) is 11.0. The predicted octanol–water partition coefficient (Wildman–Crippen LogP) is 13.4. The van der Waals surface area contributed by atoms with E-state index in [4.69, 9.17) is 0 Å². The van der Waals surface area contributed by atoms with E-state index in [1.165, 1.54) is 63.9 Å². The fraction of sp³-hybridized carbons (Fsp3) is 0. The standard InChI is InChI=1S/C46H30N2S/c1-2-16-32(17-3-1)47-43-25-10-7-20-36(43)40-30-33(28-29-44(40)47)48(41-26-12-15-31-14-4-5-18-34(31)41)42-24-9-6-19-35(42)38-22-13-23-39-37-21-8-11-27-45(37)49-46(38)39/h1-30H. The van der Waals surface area contributed by atoms with Crippen LogP contribution in [0.4, 0.5) is 17.1 Å². The topological polar surface area (TPSA) is 8.17 Å². The minimum atomic E-state index is 1.12. The highest BCUT2D eigenvalue weighted by atomic mass is 32.1. The van der Waals surface area contributed by atoms with Gasteiger partial charge in [-0.05, 0) is 60.0 Å². The zero-order valence-electron chi connectivity index (χ0n) is 26.6. The van der Waals surface area contributed by atoms with Crippen molar-refractivity contribution in [3.63, 3.8) is 0 Å². The first-order valence-electron chi connectivity index (χ1n) is 16.7. The molecular weight excluding hydrogens is 613 g/mol. The van der Waals surface area contributed by atoms with Crippen LogP contribution in [0.1, 0.15) is 0 Å². The molecule has 49 heavy (non-hydrogen) atoms. The summed E-state index contributed by atoms with van der Waals surface area (Å²) in [5, 5.41) is 7.52. The van der Waals surface area contributed by atoms with Crippen molar-refractivity contribution in [3.8, 4) is 16.8 Å². The molecule has 2 heterocycles. The monoisotopic (exact) mass is 642 g/mol. The quantitative estimate of drug-likeness (QED) is 0.181. The van der Waals surface area contributed by atoms with Crippen molar-refractivity contribution in [3.05, 3.63) is 182 Å². The third-order valence-electron chi connectivity index (χ3n) is 9.78. The zero-order chi connectivity index (χ0) is 32.3. The molecule has 0 spiro atoms. The summed E-state index contributed by atoms with van der Waals surface area (Å²) in [4.78, 5) is 2.47. The van der Waals surface area contributed by atoms with Gasteiger partial charge in [0.05, 0.1) is 22.4 Å². The maximum atomic E-state index is 2.47. The molecule has 0 saturated carbocycles. The molecule has 230 valence electrons. The van der Waals surface area contributed by atoms with Crippen molar-refractivity contribution >= 4 is 81.1 Å². The summed E-state index contributed by atoms with van der Waals surface area (Å²) in [6.45, 7) is 0. The molecule has 2 nitrogen and oxygen atoms in total. The predicted molar refractivity (Wildman–Crippen MR) is 211 cm³/mol. The van der Waals surface area contributed by atoms with E-state index < -0.39 is 0 Å². The summed E-state index contributed by atoms with van der Waals surface area (Å²) in [7, 11) is 0. The lowest BCUT2D eigenvalue weighted by molar-refractivity contribution is 1.18. The molecule has 0 aliphatic rings. The van der Waals surface area contributed by atoms with Crippen LogP contribution in [0, 0.1) is 0 Å². The van der Waals surface area contributed by atoms with E-state index in [0.29, 0.717) is 0 Å². The van der Waals surface area contributed by atoms with Gasteiger partial charge in [0.2, 0.25) is 0 Å². The number of thiophene rings is 1. The fourth-order valence-electron chi connectivity index (χ4n) is 7.62. The Hall–Kier alpha value is -6.16. The van der Waals surface area contributed by atoms with Crippen molar-refractivity contribution in [2.45, 2.75) is 0 Å². The molecule has 0 fully saturated rings. The van der Waals surface area contributed by atoms with Crippen LogP contribution >= 0.6 is 11.3 Å². The van der Waals surface area contributed by atoms with Crippen molar-refractivity contribution < 1.29 is 0 Å². The molecule has 0 aliphatic heterocycles. The highest BCUT2D eigenvalue weighted by molar-refractivity contribution is 7.26. The molecule has 0 bridgehead atoms. The molecule has 0 radical (unpaired) electrons. The molecule has 0 amide bonds. The first kappa shape index (κ1) is 27.9. The normalized spacial score (nSPS) is 11.7. The number of nitrogens with zero attached hydrogens (tertiary/aromatic N) is 2. The Kier molecular flexibility index (Phi) is 6.39. The van der Waals surface area contributed by atoms with Gasteiger partial charge < -0.3 is 9.47 Å². The van der Waals surface area contributed by atoms with Gasteiger partial charge in [0.25, 0.3) is 0 Å². The van der Waals surface area contributed by atoms with Crippen LogP contribution in [0.3, 0.4) is 0 Å². The molecule has 0 atom stereocenters. The fourth-order valence-corrected chi connectivity index (χ4v) is 8.85. The van der Waals surface area contributed by atoms with E-state index in [9.17, 15) is 0 Å². The second-order valence-electron chi connectivity index (χ2n) is 12.5. The van der Waals surface area contributed by atoms with Crippen LogP contribution in [-0.2, 0) is 0 Å². The highest BCUT2D eigenvalue weighted by Crippen LogP contribution is 2.48. The lowest BCUT2D eigenvalue weighted by atomic mass is 9.98. The Morgan fingerprint density at radius 1 is 0.408 bits per heavy atom. The maximum absolute atomic E-state index is 2.47. The Morgan fingerprint density at radius 2 is 1.04 bits per heavy atom. The summed E-state index contributed by atoms with van der Waals surface area (Å²) in [5.74, 6) is 0. The number of hydrogen-bond donors (Lipinski definition) is 0. The van der Waals surface area contributed by atoms with Gasteiger partial charge in [-0.3, -0.25) is 0 Å². The van der Waals surface area contributed by atoms with Gasteiger partial charge in [-0.1, -0.05) is 127 Å². The minimum absolute atomic E-state index is 1.12. The smallest absolute Gasteiger partial charge is 0.0542 e. The minimum Gasteiger partial charge on any atom is -0.309 e. The van der Waals surface area contributed by atoms with Gasteiger partial charge in [0, 0.05) is 58.8 Å². The lowest BCUT2D eigenvalue weighted by Crippen LogP contribution is -2.11. The van der Waals surface area contributed by atoms with E-state index >= 15 is 0 Å². The van der Waals surface area contributed by atoms with Crippen molar-refractivity contribution in [1.29, 1.82) is 0 Å². The van der Waals surface area contributed by atoms with Gasteiger partial charge in [-0.15, -0.1) is 11.3 Å². The van der Waals surface area contributed by atoms with Gasteiger partial charge >= 0.3 is 0 Å². The van der Waals surface area contributed by atoms with Crippen LogP contribution in [-0.4, -0.2) is 4.57 Å². The van der Waals surface area contributed by atoms with E-state index in [-0.39, 0.29) is 0 Å². The van der Waals surface area contributed by atoms with Crippen molar-refractivity contribution in [2.75, 3.05) is 4.90 Å². The Morgan fingerprint density at radius 3 is 1.96 bits per heavy atom. The first-order chi connectivity index (χ1) is 24.3. The average molecular weight is 643 g/mol. The Labute approximate surface area is 288 Å². The van der Waals surface area contributed by atoms with Gasteiger partial charge in [0.15, 0.2) is 0 Å². The summed E-state index contributed by atoms with van der Waals surface area (Å²) < 4.78 is 5.01. The number of para-hydroxylation sites is 3. The lowest BCUT2D eigenvalue weighted by Gasteiger charge is -2.29. The molecular formula is C46H30N2S. The van der Waals surface area contributed by atoms with Crippen LogP contribution < -0.4 is 4.90 Å². The van der Waals surface area contributed by atoms with E-state index in [1.54, 1.807) is 0 Å². The number of fused-ring (bicyclic) bond motifs is 7. The molecule has 0 N–H and O–H groups in total. The average Bonchev–Trinajstić information content (AvgIpc) is 3.71. The molecule has 0 saturated heterocycles. The van der Waals surface area contributed by atoms with Crippen LogP contribution in [0.5, 0.6) is 0 Å². The van der Waals surface area contributed by atoms with Gasteiger partial charge in [-0.25, -0.2) is 0 Å². The Balaban J connectivity index is 1.27. The first-order valence-corrected chi connectivity index (χ1v) is 17.5.